The van der Waals surface area contributed by atoms with Gasteiger partial charge in [0, 0.05) is 30.0 Å². The van der Waals surface area contributed by atoms with E-state index in [1.165, 1.54) is 0 Å². The Morgan fingerprint density at radius 3 is 2.85 bits per heavy atom. The molecule has 3 rings (SSSR count). The average Bonchev–Trinajstić information content (AvgIpc) is 2.44. The third-order valence-electron chi connectivity index (χ3n) is 3.94. The smallest absolute Gasteiger partial charge is 0.254 e. The number of carbonyl (C=O) groups is 1. The molecule has 2 aromatic rings. The van der Waals surface area contributed by atoms with Crippen LogP contribution in [-0.2, 0) is 0 Å². The van der Waals surface area contributed by atoms with E-state index >= 15 is 0 Å². The van der Waals surface area contributed by atoms with Crippen LogP contribution in [0.3, 0.4) is 0 Å². The Kier molecular flexibility index (Phi) is 3.74. The van der Waals surface area contributed by atoms with Gasteiger partial charge in [-0.15, -0.1) is 0 Å². The Bertz CT molecular complexity index is 632. The maximum Gasteiger partial charge on any atom is 0.254 e. The number of benzene rings is 1. The first-order valence-electron chi connectivity index (χ1n) is 6.88. The molecule has 0 atom stereocenters. The van der Waals surface area contributed by atoms with Crippen LogP contribution in [0.1, 0.15) is 23.2 Å². The van der Waals surface area contributed by atoms with Crippen molar-refractivity contribution in [1.82, 2.24) is 9.88 Å². The summed E-state index contributed by atoms with van der Waals surface area (Å²) in [4.78, 5) is 19.4. The van der Waals surface area contributed by atoms with Crippen LogP contribution < -0.4 is 0 Å². The lowest BCUT2D eigenvalue weighted by Gasteiger charge is -2.34. The van der Waals surface area contributed by atoms with Crippen LogP contribution in [0.15, 0.2) is 36.5 Å². The molecule has 1 aromatic heterocycles. The summed E-state index contributed by atoms with van der Waals surface area (Å²) in [7, 11) is 1.89. The number of nitrogens with zero attached hydrogens (tertiary/aromatic N) is 2. The zero-order valence-electron chi connectivity index (χ0n) is 11.4. The first-order valence-corrected chi connectivity index (χ1v) is 7.80. The minimum atomic E-state index is 0.0848. The van der Waals surface area contributed by atoms with Gasteiger partial charge >= 0.3 is 0 Å². The number of carbonyl (C=O) groups excluding carboxylic acids is 1. The Morgan fingerprint density at radius 1 is 1.35 bits per heavy atom. The van der Waals surface area contributed by atoms with Crippen LogP contribution in [0.25, 0.3) is 10.9 Å². The van der Waals surface area contributed by atoms with Crippen molar-refractivity contribution >= 4 is 32.7 Å². The molecule has 1 aliphatic rings. The quantitative estimate of drug-likeness (QED) is 0.806. The van der Waals surface area contributed by atoms with Crippen molar-refractivity contribution < 1.29 is 4.79 Å². The molecule has 1 fully saturated rings. The van der Waals surface area contributed by atoms with Crippen LogP contribution in [-0.4, -0.2) is 34.2 Å². The predicted molar refractivity (Wildman–Crippen MR) is 84.1 cm³/mol. The SMILES string of the molecule is CN(CC1CC(Br)C1)C(=O)c1ccnc2ccccc12. The Morgan fingerprint density at radius 2 is 2.10 bits per heavy atom. The molecule has 1 saturated carbocycles. The molecule has 0 bridgehead atoms. The zero-order chi connectivity index (χ0) is 14.1. The van der Waals surface area contributed by atoms with Gasteiger partial charge in [0.1, 0.15) is 0 Å². The normalized spacial score (nSPS) is 21.5. The fraction of sp³-hybridized carbons (Fsp3) is 0.375. The van der Waals surface area contributed by atoms with E-state index in [0.717, 1.165) is 35.9 Å². The highest BCUT2D eigenvalue weighted by molar-refractivity contribution is 9.09. The summed E-state index contributed by atoms with van der Waals surface area (Å²) < 4.78 is 0. The van der Waals surface area contributed by atoms with E-state index in [1.807, 2.05) is 42.3 Å². The van der Waals surface area contributed by atoms with Crippen molar-refractivity contribution in [2.24, 2.45) is 5.92 Å². The highest BCUT2D eigenvalue weighted by Crippen LogP contribution is 2.33. The van der Waals surface area contributed by atoms with E-state index in [2.05, 4.69) is 20.9 Å². The highest BCUT2D eigenvalue weighted by atomic mass is 79.9. The van der Waals surface area contributed by atoms with Crippen molar-refractivity contribution in [3.63, 3.8) is 0 Å². The molecule has 20 heavy (non-hydrogen) atoms. The molecule has 0 N–H and O–H groups in total. The summed E-state index contributed by atoms with van der Waals surface area (Å²) in [6, 6.07) is 9.60. The molecule has 0 spiro atoms. The zero-order valence-corrected chi connectivity index (χ0v) is 13.0. The number of alkyl halides is 1. The van der Waals surface area contributed by atoms with Gasteiger partial charge < -0.3 is 4.90 Å². The summed E-state index contributed by atoms with van der Waals surface area (Å²) in [5.41, 5.74) is 1.61. The van der Waals surface area contributed by atoms with Crippen molar-refractivity contribution in [2.75, 3.05) is 13.6 Å². The minimum Gasteiger partial charge on any atom is -0.341 e. The number of hydrogen-bond acceptors (Lipinski definition) is 2. The van der Waals surface area contributed by atoms with Gasteiger partial charge in [-0.1, -0.05) is 34.1 Å². The monoisotopic (exact) mass is 332 g/mol. The standard InChI is InChI=1S/C16H17BrN2O/c1-19(10-11-8-12(17)9-11)16(20)14-6-7-18-15-5-3-2-4-13(14)15/h2-7,11-12H,8-10H2,1H3. The molecule has 1 aliphatic carbocycles. The lowest BCUT2D eigenvalue weighted by molar-refractivity contribution is 0.0750. The predicted octanol–water partition coefficient (Wildman–Crippen LogP) is 3.48. The first-order chi connectivity index (χ1) is 9.65. The van der Waals surface area contributed by atoms with Crippen LogP contribution in [0.4, 0.5) is 0 Å². The summed E-state index contributed by atoms with van der Waals surface area (Å²) in [5.74, 6) is 0.711. The van der Waals surface area contributed by atoms with Crippen LogP contribution in [0.2, 0.25) is 0 Å². The lowest BCUT2D eigenvalue weighted by Crippen LogP contribution is -2.37. The van der Waals surface area contributed by atoms with Crippen molar-refractivity contribution in [2.45, 2.75) is 17.7 Å². The second-order valence-electron chi connectivity index (χ2n) is 5.50. The molecule has 0 unspecified atom stereocenters. The largest absolute Gasteiger partial charge is 0.341 e. The van der Waals surface area contributed by atoms with Gasteiger partial charge in [-0.2, -0.15) is 0 Å². The second-order valence-corrected chi connectivity index (χ2v) is 6.79. The molecule has 104 valence electrons. The molecule has 0 radical (unpaired) electrons. The fourth-order valence-electron chi connectivity index (χ4n) is 2.76. The molecular weight excluding hydrogens is 316 g/mol. The molecule has 1 heterocycles. The van der Waals surface area contributed by atoms with Crippen molar-refractivity contribution in [3.8, 4) is 0 Å². The van der Waals surface area contributed by atoms with Gasteiger partial charge in [-0.05, 0) is 30.9 Å². The fourth-order valence-corrected chi connectivity index (χ4v) is 3.82. The van der Waals surface area contributed by atoms with E-state index in [-0.39, 0.29) is 5.91 Å². The van der Waals surface area contributed by atoms with Gasteiger partial charge in [0.05, 0.1) is 11.1 Å². The number of aromatic nitrogens is 1. The molecule has 4 heteroatoms. The van der Waals surface area contributed by atoms with Crippen molar-refractivity contribution in [1.29, 1.82) is 0 Å². The summed E-state index contributed by atoms with van der Waals surface area (Å²) >= 11 is 3.59. The average molecular weight is 333 g/mol. The number of fused-ring (bicyclic) bond motifs is 1. The number of rotatable bonds is 3. The summed E-state index contributed by atoms with van der Waals surface area (Å²) in [5, 5.41) is 0.929. The topological polar surface area (TPSA) is 33.2 Å². The van der Waals surface area contributed by atoms with E-state index < -0.39 is 0 Å². The summed E-state index contributed by atoms with van der Waals surface area (Å²) in [6.07, 6.45) is 4.03. The molecule has 0 saturated heterocycles. The molecule has 1 aromatic carbocycles. The van der Waals surface area contributed by atoms with E-state index in [1.54, 1.807) is 6.20 Å². The Labute approximate surface area is 127 Å². The highest BCUT2D eigenvalue weighted by Gasteiger charge is 2.29. The van der Waals surface area contributed by atoms with Crippen LogP contribution in [0, 0.1) is 5.92 Å². The Hall–Kier alpha value is -1.42. The van der Waals surface area contributed by atoms with Crippen LogP contribution >= 0.6 is 15.9 Å². The first kappa shape index (κ1) is 13.6. The number of hydrogen-bond donors (Lipinski definition) is 0. The van der Waals surface area contributed by atoms with Crippen LogP contribution in [0.5, 0.6) is 0 Å². The van der Waals surface area contributed by atoms with Gasteiger partial charge in [-0.25, -0.2) is 0 Å². The number of halogens is 1. The van der Waals surface area contributed by atoms with Gasteiger partial charge in [0.15, 0.2) is 0 Å². The summed E-state index contributed by atoms with van der Waals surface area (Å²) in [6.45, 7) is 0.831. The minimum absolute atomic E-state index is 0.0848. The molecule has 3 nitrogen and oxygen atoms in total. The molecule has 0 aliphatic heterocycles. The van der Waals surface area contributed by atoms with E-state index in [9.17, 15) is 4.79 Å². The van der Waals surface area contributed by atoms with Gasteiger partial charge in [0.2, 0.25) is 0 Å². The second kappa shape index (κ2) is 5.52. The lowest BCUT2D eigenvalue weighted by atomic mass is 9.85. The maximum absolute atomic E-state index is 12.6. The Balaban J connectivity index is 1.81. The van der Waals surface area contributed by atoms with Gasteiger partial charge in [0.25, 0.3) is 5.91 Å². The third-order valence-corrected chi connectivity index (χ3v) is 4.68. The van der Waals surface area contributed by atoms with E-state index in [0.29, 0.717) is 10.7 Å². The van der Waals surface area contributed by atoms with Crippen molar-refractivity contribution in [3.05, 3.63) is 42.1 Å². The van der Waals surface area contributed by atoms with Gasteiger partial charge in [-0.3, -0.25) is 9.78 Å². The number of pyridine rings is 1. The third kappa shape index (κ3) is 2.57. The molecular formula is C16H17BrN2O. The van der Waals surface area contributed by atoms with E-state index in [4.69, 9.17) is 0 Å². The maximum atomic E-state index is 12.6. The number of amides is 1. The molecule has 1 amide bonds. The number of para-hydroxylation sites is 1.